The Labute approximate surface area is 171 Å². The van der Waals surface area contributed by atoms with Gasteiger partial charge in [-0.3, -0.25) is 4.98 Å². The zero-order chi connectivity index (χ0) is 22.5. The summed E-state index contributed by atoms with van der Waals surface area (Å²) in [6.07, 6.45) is -2.64. The molecule has 2 aromatic carbocycles. The minimum absolute atomic E-state index is 0.0553. The number of aromatic nitrogens is 1. The molecule has 3 aromatic rings. The van der Waals surface area contributed by atoms with E-state index >= 15 is 0 Å². The molecule has 10 heteroatoms. The van der Waals surface area contributed by atoms with Crippen LogP contribution in [0.4, 0.5) is 17.6 Å². The lowest BCUT2D eigenvalue weighted by atomic mass is 9.93. The highest BCUT2D eigenvalue weighted by Crippen LogP contribution is 2.41. The molecule has 0 saturated heterocycles. The van der Waals surface area contributed by atoms with E-state index in [4.69, 9.17) is 0 Å². The van der Waals surface area contributed by atoms with Crippen LogP contribution in [0.3, 0.4) is 0 Å². The zero-order valence-corrected chi connectivity index (χ0v) is 16.8. The van der Waals surface area contributed by atoms with Gasteiger partial charge in [-0.05, 0) is 47.0 Å². The summed E-state index contributed by atoms with van der Waals surface area (Å²) in [4.78, 5) is 7.28. The molecule has 0 aliphatic rings. The van der Waals surface area contributed by atoms with Gasteiger partial charge >= 0.3 is 6.18 Å². The van der Waals surface area contributed by atoms with Gasteiger partial charge in [0.2, 0.25) is 0 Å². The molecule has 1 aromatic heterocycles. The summed E-state index contributed by atoms with van der Waals surface area (Å²) in [5, 5.41) is 0. The van der Waals surface area contributed by atoms with Crippen LogP contribution in [0.1, 0.15) is 5.69 Å². The second-order valence-corrected chi connectivity index (χ2v) is 8.13. The third kappa shape index (κ3) is 5.62. The van der Waals surface area contributed by atoms with Crippen LogP contribution in [-0.4, -0.2) is 26.8 Å². The van der Waals surface area contributed by atoms with Crippen molar-refractivity contribution in [3.05, 3.63) is 72.3 Å². The summed E-state index contributed by atoms with van der Waals surface area (Å²) in [7, 11) is -2.03. The van der Waals surface area contributed by atoms with Gasteiger partial charge in [-0.1, -0.05) is 24.3 Å². The molecule has 0 saturated carbocycles. The lowest BCUT2D eigenvalue weighted by molar-refractivity contribution is -0.140. The van der Waals surface area contributed by atoms with Crippen molar-refractivity contribution in [2.24, 2.45) is 5.90 Å². The lowest BCUT2D eigenvalue weighted by Gasteiger charge is -2.16. The fourth-order valence-corrected chi connectivity index (χ4v) is 3.34. The summed E-state index contributed by atoms with van der Waals surface area (Å²) in [6, 6.07) is 11.5. The Hall–Kier alpha value is -2.82. The SMILES string of the molecule is CON.CS(=O)(=O)c1ccc(-c2ccnc(C(F)(F)F)c2-c2ccc(F)cc2)cc1. The van der Waals surface area contributed by atoms with Gasteiger partial charge in [-0.2, -0.15) is 13.2 Å². The van der Waals surface area contributed by atoms with Crippen LogP contribution in [-0.2, 0) is 20.9 Å². The molecule has 0 radical (unpaired) electrons. The highest BCUT2D eigenvalue weighted by molar-refractivity contribution is 7.90. The average Bonchev–Trinajstić information content (AvgIpc) is 2.67. The van der Waals surface area contributed by atoms with E-state index < -0.39 is 27.5 Å². The molecule has 0 unspecified atom stereocenters. The Bertz CT molecular complexity index is 1100. The maximum absolute atomic E-state index is 13.5. The van der Waals surface area contributed by atoms with Gasteiger partial charge in [-0.15, -0.1) is 0 Å². The van der Waals surface area contributed by atoms with Gasteiger partial charge in [0.15, 0.2) is 15.5 Å². The average molecular weight is 442 g/mol. The van der Waals surface area contributed by atoms with Crippen LogP contribution in [0.15, 0.2) is 65.7 Å². The topological polar surface area (TPSA) is 82.3 Å². The van der Waals surface area contributed by atoms with Crippen LogP contribution < -0.4 is 5.90 Å². The van der Waals surface area contributed by atoms with Gasteiger partial charge in [-0.25, -0.2) is 18.7 Å². The fourth-order valence-electron chi connectivity index (χ4n) is 2.71. The van der Waals surface area contributed by atoms with Gasteiger partial charge in [0, 0.05) is 18.0 Å². The second-order valence-electron chi connectivity index (χ2n) is 6.12. The number of halogens is 4. The van der Waals surface area contributed by atoms with Crippen molar-refractivity contribution in [1.82, 2.24) is 4.98 Å². The standard InChI is InChI=1S/C19H13F4NO2S.CH5NO/c1-27(25,26)15-8-4-12(5-9-15)16-10-11-24-18(19(21,22)23)17(16)13-2-6-14(20)7-3-13;1-3-2/h2-11H,1H3;2H2,1H3. The Kier molecular flexibility index (Phi) is 7.30. The molecule has 30 heavy (non-hydrogen) atoms. The molecule has 160 valence electrons. The van der Waals surface area contributed by atoms with Crippen LogP contribution in [0.5, 0.6) is 0 Å². The molecule has 5 nitrogen and oxygen atoms in total. The first-order valence-electron chi connectivity index (χ1n) is 8.34. The first kappa shape index (κ1) is 23.5. The smallest absolute Gasteiger partial charge is 0.308 e. The minimum atomic E-state index is -4.72. The first-order chi connectivity index (χ1) is 14.0. The quantitative estimate of drug-likeness (QED) is 0.478. The number of hydrogen-bond donors (Lipinski definition) is 1. The van der Waals surface area contributed by atoms with E-state index in [0.29, 0.717) is 5.56 Å². The Morgan fingerprint density at radius 1 is 0.933 bits per heavy atom. The molecule has 0 aliphatic carbocycles. The van der Waals surface area contributed by atoms with E-state index in [1.165, 1.54) is 49.6 Å². The van der Waals surface area contributed by atoms with Gasteiger partial charge in [0.05, 0.1) is 12.0 Å². The highest BCUT2D eigenvalue weighted by Gasteiger charge is 2.36. The van der Waals surface area contributed by atoms with Crippen molar-refractivity contribution in [3.63, 3.8) is 0 Å². The molecule has 0 aliphatic heterocycles. The number of nitrogens with two attached hydrogens (primary N) is 1. The van der Waals surface area contributed by atoms with Crippen LogP contribution in [0, 0.1) is 5.82 Å². The number of hydrogen-bond acceptors (Lipinski definition) is 5. The van der Waals surface area contributed by atoms with Crippen molar-refractivity contribution in [2.75, 3.05) is 13.4 Å². The molecule has 2 N–H and O–H groups in total. The molecule has 1 heterocycles. The maximum Gasteiger partial charge on any atom is 0.433 e. The van der Waals surface area contributed by atoms with Crippen LogP contribution in [0.2, 0.25) is 0 Å². The molecule has 0 spiro atoms. The maximum atomic E-state index is 13.5. The zero-order valence-electron chi connectivity index (χ0n) is 15.9. The van der Waals surface area contributed by atoms with E-state index in [0.717, 1.165) is 24.6 Å². The van der Waals surface area contributed by atoms with E-state index in [1.807, 2.05) is 0 Å². The number of pyridine rings is 1. The largest absolute Gasteiger partial charge is 0.433 e. The van der Waals surface area contributed by atoms with Gasteiger partial charge in [0.25, 0.3) is 0 Å². The predicted molar refractivity (Wildman–Crippen MR) is 104 cm³/mol. The number of alkyl halides is 3. The second kappa shape index (κ2) is 9.33. The van der Waals surface area contributed by atoms with Crippen molar-refractivity contribution >= 4 is 9.84 Å². The molecular formula is C20H18F4N2O3S. The van der Waals surface area contributed by atoms with Crippen LogP contribution >= 0.6 is 0 Å². The Balaban J connectivity index is 0.00000101. The third-order valence-corrected chi connectivity index (χ3v) is 5.07. The first-order valence-corrected chi connectivity index (χ1v) is 10.2. The monoisotopic (exact) mass is 442 g/mol. The molecule has 0 fully saturated rings. The highest BCUT2D eigenvalue weighted by atomic mass is 32.2. The number of sulfone groups is 1. The van der Waals surface area contributed by atoms with Gasteiger partial charge in [0.1, 0.15) is 5.82 Å². The summed E-state index contributed by atoms with van der Waals surface area (Å²) in [6.45, 7) is 0. The van der Waals surface area contributed by atoms with Crippen molar-refractivity contribution in [1.29, 1.82) is 0 Å². The fraction of sp³-hybridized carbons (Fsp3) is 0.150. The van der Waals surface area contributed by atoms with E-state index in [9.17, 15) is 26.0 Å². The molecular weight excluding hydrogens is 424 g/mol. The van der Waals surface area contributed by atoms with E-state index in [2.05, 4.69) is 15.7 Å². The van der Waals surface area contributed by atoms with Gasteiger partial charge < -0.3 is 4.84 Å². The Morgan fingerprint density at radius 2 is 1.43 bits per heavy atom. The van der Waals surface area contributed by atoms with Crippen molar-refractivity contribution < 1.29 is 30.8 Å². The number of rotatable bonds is 3. The van der Waals surface area contributed by atoms with Crippen molar-refractivity contribution in [3.8, 4) is 22.3 Å². The van der Waals surface area contributed by atoms with Crippen LogP contribution in [0.25, 0.3) is 22.3 Å². The minimum Gasteiger partial charge on any atom is -0.308 e. The number of nitrogens with zero attached hydrogens (tertiary/aromatic N) is 1. The summed E-state index contributed by atoms with van der Waals surface area (Å²) in [5.74, 6) is 3.77. The third-order valence-electron chi connectivity index (χ3n) is 3.95. The predicted octanol–water partition coefficient (Wildman–Crippen LogP) is 4.48. The summed E-state index contributed by atoms with van der Waals surface area (Å²) in [5.41, 5.74) is -0.548. The van der Waals surface area contributed by atoms with E-state index in [-0.39, 0.29) is 21.6 Å². The normalized spacial score (nSPS) is 11.6. The number of benzene rings is 2. The molecule has 3 rings (SSSR count). The Morgan fingerprint density at radius 3 is 1.90 bits per heavy atom. The lowest BCUT2D eigenvalue weighted by Crippen LogP contribution is -2.11. The van der Waals surface area contributed by atoms with Crippen molar-refractivity contribution in [2.45, 2.75) is 11.1 Å². The summed E-state index contributed by atoms with van der Waals surface area (Å²) < 4.78 is 76.9. The summed E-state index contributed by atoms with van der Waals surface area (Å²) >= 11 is 0. The molecule has 0 atom stereocenters. The van der Waals surface area contributed by atoms with E-state index in [1.54, 1.807) is 0 Å². The molecule has 0 bridgehead atoms. The molecule has 0 amide bonds.